The number of hydrogen-bond donors (Lipinski definition) is 1. The van der Waals surface area contributed by atoms with Gasteiger partial charge in [-0.15, -0.1) is 0 Å². The smallest absolute Gasteiger partial charge is 0.309 e. The Labute approximate surface area is 115 Å². The zero-order valence-electron chi connectivity index (χ0n) is 12.1. The number of piperidine rings is 1. The van der Waals surface area contributed by atoms with E-state index in [4.69, 9.17) is 0 Å². The van der Waals surface area contributed by atoms with Crippen molar-refractivity contribution in [1.29, 1.82) is 0 Å². The SMILES string of the molecule is CCC1(C(=O)N2CCC(C)(C(=O)O)CC2)CCCC1. The molecule has 1 saturated heterocycles. The van der Waals surface area contributed by atoms with Crippen molar-refractivity contribution in [3.05, 3.63) is 0 Å². The van der Waals surface area contributed by atoms with E-state index in [9.17, 15) is 14.7 Å². The molecule has 1 aliphatic carbocycles. The molecular formula is C15H25NO3. The molecule has 4 nitrogen and oxygen atoms in total. The molecule has 0 unspecified atom stereocenters. The fraction of sp³-hybridized carbons (Fsp3) is 0.867. The zero-order chi connectivity index (χ0) is 14.1. The molecule has 1 heterocycles. The van der Waals surface area contributed by atoms with Crippen LogP contribution in [0.15, 0.2) is 0 Å². The van der Waals surface area contributed by atoms with Crippen LogP contribution in [0.5, 0.6) is 0 Å². The van der Waals surface area contributed by atoms with E-state index in [2.05, 4.69) is 6.92 Å². The van der Waals surface area contributed by atoms with Crippen molar-refractivity contribution in [2.75, 3.05) is 13.1 Å². The molecule has 2 fully saturated rings. The van der Waals surface area contributed by atoms with E-state index in [1.165, 1.54) is 0 Å². The lowest BCUT2D eigenvalue weighted by atomic mass is 9.77. The molecule has 2 aliphatic rings. The first-order valence-electron chi connectivity index (χ1n) is 7.46. The largest absolute Gasteiger partial charge is 0.481 e. The molecule has 0 spiro atoms. The summed E-state index contributed by atoms with van der Waals surface area (Å²) < 4.78 is 0. The fourth-order valence-electron chi connectivity index (χ4n) is 3.52. The van der Waals surface area contributed by atoms with Gasteiger partial charge in [0.2, 0.25) is 5.91 Å². The highest BCUT2D eigenvalue weighted by molar-refractivity contribution is 5.83. The minimum absolute atomic E-state index is 0.142. The lowest BCUT2D eigenvalue weighted by Gasteiger charge is -2.40. The molecular weight excluding hydrogens is 242 g/mol. The highest BCUT2D eigenvalue weighted by Crippen LogP contribution is 2.43. The lowest BCUT2D eigenvalue weighted by Crippen LogP contribution is -2.49. The van der Waals surface area contributed by atoms with Crippen LogP contribution in [-0.2, 0) is 9.59 Å². The van der Waals surface area contributed by atoms with E-state index in [0.29, 0.717) is 25.9 Å². The Morgan fingerprint density at radius 1 is 1.11 bits per heavy atom. The third-order valence-corrected chi connectivity index (χ3v) is 5.36. The van der Waals surface area contributed by atoms with Gasteiger partial charge in [-0.3, -0.25) is 9.59 Å². The third-order valence-electron chi connectivity index (χ3n) is 5.36. The van der Waals surface area contributed by atoms with Crippen molar-refractivity contribution in [2.45, 2.75) is 58.8 Å². The summed E-state index contributed by atoms with van der Waals surface area (Å²) in [6.07, 6.45) is 6.39. The minimum Gasteiger partial charge on any atom is -0.481 e. The monoisotopic (exact) mass is 267 g/mol. The summed E-state index contributed by atoms with van der Waals surface area (Å²) in [6, 6.07) is 0. The Balaban J connectivity index is 2.01. The quantitative estimate of drug-likeness (QED) is 0.855. The first-order valence-corrected chi connectivity index (χ1v) is 7.46. The second-order valence-electron chi connectivity index (χ2n) is 6.50. The van der Waals surface area contributed by atoms with E-state index < -0.39 is 11.4 Å². The van der Waals surface area contributed by atoms with Crippen LogP contribution in [0.4, 0.5) is 0 Å². The molecule has 0 radical (unpaired) electrons. The van der Waals surface area contributed by atoms with Crippen LogP contribution in [0, 0.1) is 10.8 Å². The van der Waals surface area contributed by atoms with Crippen LogP contribution in [-0.4, -0.2) is 35.0 Å². The maximum absolute atomic E-state index is 12.7. The fourth-order valence-corrected chi connectivity index (χ4v) is 3.52. The number of aliphatic carboxylic acids is 1. The van der Waals surface area contributed by atoms with E-state index in [0.717, 1.165) is 32.1 Å². The Kier molecular flexibility index (Phi) is 3.88. The van der Waals surface area contributed by atoms with Gasteiger partial charge in [0.05, 0.1) is 5.41 Å². The van der Waals surface area contributed by atoms with E-state index in [-0.39, 0.29) is 11.3 Å². The second-order valence-corrected chi connectivity index (χ2v) is 6.50. The number of nitrogens with zero attached hydrogens (tertiary/aromatic N) is 1. The molecule has 0 bridgehead atoms. The Morgan fingerprint density at radius 2 is 1.63 bits per heavy atom. The van der Waals surface area contributed by atoms with Gasteiger partial charge in [0, 0.05) is 18.5 Å². The Bertz CT molecular complexity index is 364. The summed E-state index contributed by atoms with van der Waals surface area (Å²) in [7, 11) is 0. The molecule has 4 heteroatoms. The standard InChI is InChI=1S/C15H25NO3/c1-3-15(6-4-5-7-15)12(17)16-10-8-14(2,9-11-16)13(18)19/h3-11H2,1-2H3,(H,18,19). The number of likely N-dealkylation sites (tertiary alicyclic amines) is 1. The summed E-state index contributed by atoms with van der Waals surface area (Å²) in [5.41, 5.74) is -0.789. The highest BCUT2D eigenvalue weighted by Gasteiger charge is 2.45. The highest BCUT2D eigenvalue weighted by atomic mass is 16.4. The molecule has 0 aromatic rings. The van der Waals surface area contributed by atoms with E-state index in [1.807, 2.05) is 4.90 Å². The van der Waals surface area contributed by atoms with Crippen LogP contribution in [0.3, 0.4) is 0 Å². The van der Waals surface area contributed by atoms with Gasteiger partial charge in [-0.2, -0.15) is 0 Å². The van der Waals surface area contributed by atoms with Gasteiger partial charge in [0.15, 0.2) is 0 Å². The van der Waals surface area contributed by atoms with Crippen molar-refractivity contribution in [3.8, 4) is 0 Å². The van der Waals surface area contributed by atoms with Crippen molar-refractivity contribution in [1.82, 2.24) is 4.90 Å². The number of rotatable bonds is 3. The van der Waals surface area contributed by atoms with Crippen LogP contribution in [0.1, 0.15) is 58.8 Å². The molecule has 0 aromatic heterocycles. The molecule has 19 heavy (non-hydrogen) atoms. The first-order chi connectivity index (χ1) is 8.93. The summed E-state index contributed by atoms with van der Waals surface area (Å²) in [5, 5.41) is 9.23. The minimum atomic E-state index is -0.731. The molecule has 1 N–H and O–H groups in total. The zero-order valence-corrected chi connectivity index (χ0v) is 12.1. The topological polar surface area (TPSA) is 57.6 Å². The molecule has 108 valence electrons. The molecule has 0 aromatic carbocycles. The van der Waals surface area contributed by atoms with E-state index >= 15 is 0 Å². The summed E-state index contributed by atoms with van der Waals surface area (Å²) in [4.78, 5) is 25.9. The molecule has 0 atom stereocenters. The normalized spacial score (nSPS) is 25.3. The molecule has 1 amide bonds. The third kappa shape index (κ3) is 2.49. The van der Waals surface area contributed by atoms with Crippen LogP contribution in [0.2, 0.25) is 0 Å². The average Bonchev–Trinajstić information content (AvgIpc) is 2.88. The van der Waals surface area contributed by atoms with Gasteiger partial charge < -0.3 is 10.0 Å². The van der Waals surface area contributed by atoms with Crippen molar-refractivity contribution in [2.24, 2.45) is 10.8 Å². The Hall–Kier alpha value is -1.06. The van der Waals surface area contributed by atoms with E-state index in [1.54, 1.807) is 6.92 Å². The van der Waals surface area contributed by atoms with Gasteiger partial charge >= 0.3 is 5.97 Å². The number of carboxylic acid groups (broad SMARTS) is 1. The predicted molar refractivity (Wildman–Crippen MR) is 72.7 cm³/mol. The number of carbonyl (C=O) groups excluding carboxylic acids is 1. The van der Waals surface area contributed by atoms with Crippen molar-refractivity contribution >= 4 is 11.9 Å². The number of carbonyl (C=O) groups is 2. The average molecular weight is 267 g/mol. The van der Waals surface area contributed by atoms with Crippen LogP contribution >= 0.6 is 0 Å². The predicted octanol–water partition coefficient (Wildman–Crippen LogP) is 2.67. The summed E-state index contributed by atoms with van der Waals surface area (Å²) in [6.45, 7) is 5.10. The van der Waals surface area contributed by atoms with Crippen LogP contribution < -0.4 is 0 Å². The Morgan fingerprint density at radius 3 is 2.05 bits per heavy atom. The number of carboxylic acids is 1. The van der Waals surface area contributed by atoms with Gasteiger partial charge in [0.25, 0.3) is 0 Å². The lowest BCUT2D eigenvalue weighted by molar-refractivity contribution is -0.155. The molecule has 1 saturated carbocycles. The van der Waals surface area contributed by atoms with Gasteiger partial charge in [-0.25, -0.2) is 0 Å². The maximum atomic E-state index is 12.7. The van der Waals surface area contributed by atoms with Gasteiger partial charge in [-0.05, 0) is 39.0 Å². The maximum Gasteiger partial charge on any atom is 0.309 e. The van der Waals surface area contributed by atoms with Crippen LogP contribution in [0.25, 0.3) is 0 Å². The van der Waals surface area contributed by atoms with Gasteiger partial charge in [0.1, 0.15) is 0 Å². The first kappa shape index (κ1) is 14.4. The molecule has 1 aliphatic heterocycles. The summed E-state index contributed by atoms with van der Waals surface area (Å²) >= 11 is 0. The van der Waals surface area contributed by atoms with Crippen molar-refractivity contribution < 1.29 is 14.7 Å². The second kappa shape index (κ2) is 5.14. The number of hydrogen-bond acceptors (Lipinski definition) is 2. The molecule has 2 rings (SSSR count). The van der Waals surface area contributed by atoms with Gasteiger partial charge in [-0.1, -0.05) is 19.8 Å². The number of amides is 1. The summed E-state index contributed by atoms with van der Waals surface area (Å²) in [5.74, 6) is -0.453. The van der Waals surface area contributed by atoms with Crippen molar-refractivity contribution in [3.63, 3.8) is 0 Å².